The zero-order valence-corrected chi connectivity index (χ0v) is 16.3. The smallest absolute Gasteiger partial charge is 0.274 e. The molecule has 0 aliphatic heterocycles. The van der Waals surface area contributed by atoms with Crippen LogP contribution in [-0.4, -0.2) is 31.2 Å². The van der Waals surface area contributed by atoms with E-state index in [1.54, 1.807) is 19.4 Å². The van der Waals surface area contributed by atoms with Crippen LogP contribution in [0.4, 0.5) is 11.4 Å². The number of carbonyl (C=O) groups is 1. The first kappa shape index (κ1) is 19.9. The fourth-order valence-corrected chi connectivity index (χ4v) is 2.84. The minimum absolute atomic E-state index is 0.199. The molecule has 0 aliphatic carbocycles. The number of hydrogen-bond donors (Lipinski definition) is 2. The molecule has 1 aromatic heterocycles. The molecule has 140 valence electrons. The van der Waals surface area contributed by atoms with Crippen molar-refractivity contribution in [3.05, 3.63) is 53.3 Å². The largest absolute Gasteiger partial charge is 0.383 e. The Morgan fingerprint density at radius 1 is 1.12 bits per heavy atom. The van der Waals surface area contributed by atoms with E-state index in [4.69, 9.17) is 4.74 Å². The molecular formula is C21H29N3O2. The molecule has 0 saturated heterocycles. The maximum atomic E-state index is 12.8. The molecule has 26 heavy (non-hydrogen) atoms. The number of aromatic nitrogens is 1. The first-order valence-electron chi connectivity index (χ1n) is 9.07. The summed E-state index contributed by atoms with van der Waals surface area (Å²) >= 11 is 0. The Hall–Kier alpha value is -2.40. The van der Waals surface area contributed by atoms with Crippen molar-refractivity contribution < 1.29 is 9.53 Å². The lowest BCUT2D eigenvalue weighted by Gasteiger charge is -2.20. The number of rotatable bonds is 8. The first-order chi connectivity index (χ1) is 12.4. The predicted octanol–water partition coefficient (Wildman–Crippen LogP) is 4.64. The highest BCUT2D eigenvalue weighted by Crippen LogP contribution is 2.32. The second-order valence-electron chi connectivity index (χ2n) is 6.92. The van der Waals surface area contributed by atoms with E-state index in [2.05, 4.69) is 61.5 Å². The third kappa shape index (κ3) is 5.05. The molecule has 1 amide bonds. The summed E-state index contributed by atoms with van der Waals surface area (Å²) in [5.41, 5.74) is 4.42. The fraction of sp³-hybridized carbons (Fsp3) is 0.429. The average Bonchev–Trinajstić information content (AvgIpc) is 2.62. The number of amides is 1. The molecule has 5 heteroatoms. The van der Waals surface area contributed by atoms with Crippen LogP contribution >= 0.6 is 0 Å². The highest BCUT2D eigenvalue weighted by Gasteiger charge is 2.17. The van der Waals surface area contributed by atoms with Crippen molar-refractivity contribution in [3.63, 3.8) is 0 Å². The van der Waals surface area contributed by atoms with Crippen LogP contribution in [0, 0.1) is 0 Å². The number of carbonyl (C=O) groups excluding carboxylic acids is 1. The molecule has 5 nitrogen and oxygen atoms in total. The van der Waals surface area contributed by atoms with E-state index in [0.717, 1.165) is 22.5 Å². The fourth-order valence-electron chi connectivity index (χ4n) is 2.84. The van der Waals surface area contributed by atoms with Crippen LogP contribution in [0.5, 0.6) is 0 Å². The SMILES string of the molecule is COCCNc1ccnc(C(=O)Nc2c(C(C)C)cccc2C(C)C)c1. The van der Waals surface area contributed by atoms with Gasteiger partial charge in [-0.1, -0.05) is 45.9 Å². The summed E-state index contributed by atoms with van der Waals surface area (Å²) in [4.78, 5) is 17.0. The van der Waals surface area contributed by atoms with Gasteiger partial charge in [0.25, 0.3) is 5.91 Å². The van der Waals surface area contributed by atoms with Gasteiger partial charge in [0, 0.05) is 31.2 Å². The van der Waals surface area contributed by atoms with E-state index in [9.17, 15) is 4.79 Å². The highest BCUT2D eigenvalue weighted by molar-refractivity contribution is 6.04. The van der Waals surface area contributed by atoms with E-state index in [0.29, 0.717) is 30.7 Å². The maximum absolute atomic E-state index is 12.8. The normalized spacial score (nSPS) is 11.0. The van der Waals surface area contributed by atoms with Crippen molar-refractivity contribution in [1.82, 2.24) is 4.98 Å². The number of benzene rings is 1. The van der Waals surface area contributed by atoms with Crippen molar-refractivity contribution in [2.45, 2.75) is 39.5 Å². The number of pyridine rings is 1. The highest BCUT2D eigenvalue weighted by atomic mass is 16.5. The Balaban J connectivity index is 2.26. The lowest BCUT2D eigenvalue weighted by Crippen LogP contribution is -2.17. The molecule has 0 fully saturated rings. The quantitative estimate of drug-likeness (QED) is 0.677. The van der Waals surface area contributed by atoms with Crippen LogP contribution in [0.2, 0.25) is 0 Å². The number of methoxy groups -OCH3 is 1. The zero-order chi connectivity index (χ0) is 19.1. The molecule has 0 saturated carbocycles. The van der Waals surface area contributed by atoms with Crippen LogP contribution < -0.4 is 10.6 Å². The van der Waals surface area contributed by atoms with Crippen LogP contribution in [0.25, 0.3) is 0 Å². The van der Waals surface area contributed by atoms with Gasteiger partial charge in [-0.05, 0) is 35.1 Å². The standard InChI is InChI=1S/C21H29N3O2/c1-14(2)17-7-6-8-18(15(3)4)20(17)24-21(25)19-13-16(9-10-23-19)22-11-12-26-5/h6-10,13-15H,11-12H2,1-5H3,(H,22,23)(H,24,25). The van der Waals surface area contributed by atoms with Gasteiger partial charge >= 0.3 is 0 Å². The third-order valence-corrected chi connectivity index (χ3v) is 4.24. The van der Waals surface area contributed by atoms with Gasteiger partial charge in [-0.3, -0.25) is 9.78 Å². The van der Waals surface area contributed by atoms with E-state index in [1.165, 1.54) is 0 Å². The molecule has 0 atom stereocenters. The second kappa shape index (κ2) is 9.34. The number of ether oxygens (including phenoxy) is 1. The predicted molar refractivity (Wildman–Crippen MR) is 107 cm³/mol. The molecule has 0 spiro atoms. The summed E-state index contributed by atoms with van der Waals surface area (Å²) < 4.78 is 5.03. The topological polar surface area (TPSA) is 63.2 Å². The van der Waals surface area contributed by atoms with E-state index in [-0.39, 0.29) is 5.91 Å². The summed E-state index contributed by atoms with van der Waals surface area (Å²) in [7, 11) is 1.66. The Kier molecular flexibility index (Phi) is 7.16. The summed E-state index contributed by atoms with van der Waals surface area (Å²) in [6.45, 7) is 9.81. The molecule has 2 aromatic rings. The Bertz CT molecular complexity index is 716. The molecule has 2 N–H and O–H groups in total. The monoisotopic (exact) mass is 355 g/mol. The van der Waals surface area contributed by atoms with Crippen molar-refractivity contribution in [1.29, 1.82) is 0 Å². The van der Waals surface area contributed by atoms with Crippen LogP contribution in [-0.2, 0) is 4.74 Å². The summed E-state index contributed by atoms with van der Waals surface area (Å²) in [6, 6.07) is 9.80. The van der Waals surface area contributed by atoms with E-state index < -0.39 is 0 Å². The number of hydrogen-bond acceptors (Lipinski definition) is 4. The lowest BCUT2D eigenvalue weighted by atomic mass is 9.92. The lowest BCUT2D eigenvalue weighted by molar-refractivity contribution is 0.102. The van der Waals surface area contributed by atoms with Gasteiger partial charge < -0.3 is 15.4 Å². The molecule has 1 aromatic carbocycles. The van der Waals surface area contributed by atoms with Gasteiger partial charge in [0.15, 0.2) is 0 Å². The van der Waals surface area contributed by atoms with Crippen molar-refractivity contribution in [3.8, 4) is 0 Å². The molecule has 2 rings (SSSR count). The van der Waals surface area contributed by atoms with Gasteiger partial charge in [0.1, 0.15) is 5.69 Å². The second-order valence-corrected chi connectivity index (χ2v) is 6.92. The molecule has 0 aliphatic rings. The van der Waals surface area contributed by atoms with Crippen LogP contribution in [0.1, 0.15) is 61.1 Å². The maximum Gasteiger partial charge on any atom is 0.274 e. The first-order valence-corrected chi connectivity index (χ1v) is 9.07. The molecule has 0 radical (unpaired) electrons. The van der Waals surface area contributed by atoms with Crippen molar-refractivity contribution in [2.24, 2.45) is 0 Å². The van der Waals surface area contributed by atoms with Gasteiger partial charge in [0.2, 0.25) is 0 Å². The van der Waals surface area contributed by atoms with Crippen molar-refractivity contribution in [2.75, 3.05) is 30.9 Å². The summed E-state index contributed by atoms with van der Waals surface area (Å²) in [5, 5.41) is 6.32. The van der Waals surface area contributed by atoms with Gasteiger partial charge in [-0.2, -0.15) is 0 Å². The van der Waals surface area contributed by atoms with Crippen LogP contribution in [0.3, 0.4) is 0 Å². The molecule has 0 bridgehead atoms. The Labute approximate surface area is 156 Å². The van der Waals surface area contributed by atoms with Crippen molar-refractivity contribution >= 4 is 17.3 Å². The number of nitrogens with one attached hydrogen (secondary N) is 2. The Morgan fingerprint density at radius 2 is 1.77 bits per heavy atom. The number of anilines is 2. The van der Waals surface area contributed by atoms with Gasteiger partial charge in [-0.25, -0.2) is 0 Å². The Morgan fingerprint density at radius 3 is 2.35 bits per heavy atom. The molecular weight excluding hydrogens is 326 g/mol. The number of para-hydroxylation sites is 1. The summed E-state index contributed by atoms with van der Waals surface area (Å²) in [6.07, 6.45) is 1.64. The van der Waals surface area contributed by atoms with Crippen LogP contribution in [0.15, 0.2) is 36.5 Å². The third-order valence-electron chi connectivity index (χ3n) is 4.24. The minimum atomic E-state index is -0.199. The average molecular weight is 355 g/mol. The molecule has 0 unspecified atom stereocenters. The van der Waals surface area contributed by atoms with E-state index >= 15 is 0 Å². The number of nitrogens with zero attached hydrogens (tertiary/aromatic N) is 1. The minimum Gasteiger partial charge on any atom is -0.383 e. The zero-order valence-electron chi connectivity index (χ0n) is 16.3. The van der Waals surface area contributed by atoms with Gasteiger partial charge in [-0.15, -0.1) is 0 Å². The van der Waals surface area contributed by atoms with Gasteiger partial charge in [0.05, 0.1) is 6.61 Å². The van der Waals surface area contributed by atoms with E-state index in [1.807, 2.05) is 6.07 Å². The molecule has 1 heterocycles. The summed E-state index contributed by atoms with van der Waals surface area (Å²) in [5.74, 6) is 0.438.